The normalized spacial score (nSPS) is 15.8. The summed E-state index contributed by atoms with van der Waals surface area (Å²) in [7, 11) is 1.79. The van der Waals surface area contributed by atoms with E-state index in [9.17, 15) is 4.79 Å². The number of ether oxygens (including phenoxy) is 1. The number of nitrogens with zero attached hydrogens (tertiary/aromatic N) is 2. The quantitative estimate of drug-likeness (QED) is 0.239. The first-order valence-corrected chi connectivity index (χ1v) is 11.1. The van der Waals surface area contributed by atoms with Gasteiger partial charge < -0.3 is 20.7 Å². The SMILES string of the molecule is CN=C(NCc1cccc(NC(=O)CCN2CCOCC2)c1)NC(C)CCC(C)C.I. The van der Waals surface area contributed by atoms with Crippen molar-refractivity contribution in [2.24, 2.45) is 10.9 Å². The van der Waals surface area contributed by atoms with Gasteiger partial charge in [-0.2, -0.15) is 0 Å². The summed E-state index contributed by atoms with van der Waals surface area (Å²) in [5.74, 6) is 1.55. The van der Waals surface area contributed by atoms with Crippen LogP contribution < -0.4 is 16.0 Å². The van der Waals surface area contributed by atoms with Crippen molar-refractivity contribution in [3.63, 3.8) is 0 Å². The van der Waals surface area contributed by atoms with Gasteiger partial charge in [0.25, 0.3) is 0 Å². The molecule has 7 nitrogen and oxygen atoms in total. The molecule has 1 unspecified atom stereocenters. The van der Waals surface area contributed by atoms with Crippen molar-refractivity contribution in [1.29, 1.82) is 0 Å². The maximum atomic E-state index is 12.3. The lowest BCUT2D eigenvalue weighted by Gasteiger charge is -2.26. The number of carbonyl (C=O) groups excluding carboxylic acids is 1. The summed E-state index contributed by atoms with van der Waals surface area (Å²) in [6, 6.07) is 8.32. The maximum Gasteiger partial charge on any atom is 0.225 e. The van der Waals surface area contributed by atoms with E-state index in [0.29, 0.717) is 24.9 Å². The van der Waals surface area contributed by atoms with Gasteiger partial charge in [-0.25, -0.2) is 0 Å². The fourth-order valence-electron chi connectivity index (χ4n) is 3.34. The molecule has 1 fully saturated rings. The molecule has 8 heteroatoms. The summed E-state index contributed by atoms with van der Waals surface area (Å²) in [6.07, 6.45) is 2.80. The van der Waals surface area contributed by atoms with E-state index in [2.05, 4.69) is 46.6 Å². The van der Waals surface area contributed by atoms with E-state index in [1.807, 2.05) is 24.3 Å². The molecule has 0 aliphatic carbocycles. The Kier molecular flexibility index (Phi) is 13.7. The number of morpholine rings is 1. The largest absolute Gasteiger partial charge is 0.379 e. The molecule has 1 aliphatic rings. The molecule has 1 saturated heterocycles. The number of amides is 1. The number of benzene rings is 1. The number of rotatable bonds is 10. The van der Waals surface area contributed by atoms with E-state index >= 15 is 0 Å². The van der Waals surface area contributed by atoms with E-state index in [-0.39, 0.29) is 29.9 Å². The Morgan fingerprint density at radius 1 is 1.19 bits per heavy atom. The number of nitrogens with one attached hydrogen (secondary N) is 3. The summed E-state index contributed by atoms with van der Waals surface area (Å²) in [5.41, 5.74) is 1.92. The topological polar surface area (TPSA) is 78.0 Å². The lowest BCUT2D eigenvalue weighted by atomic mass is 10.0. The van der Waals surface area contributed by atoms with Crippen LogP contribution in [0.1, 0.15) is 45.6 Å². The van der Waals surface area contributed by atoms with Crippen LogP contribution in [0.2, 0.25) is 0 Å². The molecule has 0 bridgehead atoms. The minimum Gasteiger partial charge on any atom is -0.379 e. The number of anilines is 1. The Labute approximate surface area is 204 Å². The average Bonchev–Trinajstić information content (AvgIpc) is 2.74. The Balaban J connectivity index is 0.00000480. The number of hydrogen-bond acceptors (Lipinski definition) is 4. The number of guanidine groups is 1. The molecule has 176 valence electrons. The monoisotopic (exact) mass is 545 g/mol. The van der Waals surface area contributed by atoms with Crippen LogP contribution in [0.5, 0.6) is 0 Å². The number of halogens is 1. The van der Waals surface area contributed by atoms with Gasteiger partial charge in [0.05, 0.1) is 13.2 Å². The van der Waals surface area contributed by atoms with Crippen molar-refractivity contribution in [3.05, 3.63) is 29.8 Å². The maximum absolute atomic E-state index is 12.3. The van der Waals surface area contributed by atoms with Crippen molar-refractivity contribution in [3.8, 4) is 0 Å². The first-order chi connectivity index (χ1) is 14.5. The Morgan fingerprint density at radius 2 is 1.94 bits per heavy atom. The molecule has 31 heavy (non-hydrogen) atoms. The summed E-state index contributed by atoms with van der Waals surface area (Å²) in [5, 5.41) is 9.82. The summed E-state index contributed by atoms with van der Waals surface area (Å²) >= 11 is 0. The fourth-order valence-corrected chi connectivity index (χ4v) is 3.34. The van der Waals surface area contributed by atoms with Gasteiger partial charge >= 0.3 is 0 Å². The zero-order chi connectivity index (χ0) is 21.8. The van der Waals surface area contributed by atoms with Crippen LogP contribution in [0, 0.1) is 5.92 Å². The van der Waals surface area contributed by atoms with Crippen molar-refractivity contribution in [2.75, 3.05) is 45.2 Å². The second-order valence-corrected chi connectivity index (χ2v) is 8.39. The first-order valence-electron chi connectivity index (χ1n) is 11.1. The molecule has 1 aliphatic heterocycles. The molecule has 1 aromatic carbocycles. The van der Waals surface area contributed by atoms with Gasteiger partial charge in [-0.3, -0.25) is 14.7 Å². The molecule has 0 spiro atoms. The van der Waals surface area contributed by atoms with Gasteiger partial charge in [0, 0.05) is 51.4 Å². The predicted octanol–water partition coefficient (Wildman–Crippen LogP) is 3.46. The average molecular weight is 546 g/mol. The molecule has 1 aromatic rings. The van der Waals surface area contributed by atoms with Crippen LogP contribution in [0.3, 0.4) is 0 Å². The van der Waals surface area contributed by atoms with E-state index in [4.69, 9.17) is 4.74 Å². The minimum atomic E-state index is 0. The third-order valence-corrected chi connectivity index (χ3v) is 5.21. The third kappa shape index (κ3) is 11.7. The zero-order valence-electron chi connectivity index (χ0n) is 19.4. The van der Waals surface area contributed by atoms with Crippen LogP contribution in [0.4, 0.5) is 5.69 Å². The van der Waals surface area contributed by atoms with E-state index < -0.39 is 0 Å². The summed E-state index contributed by atoms with van der Waals surface area (Å²) in [4.78, 5) is 18.9. The predicted molar refractivity (Wildman–Crippen MR) is 139 cm³/mol. The van der Waals surface area contributed by atoms with E-state index in [1.54, 1.807) is 7.05 Å². The lowest BCUT2D eigenvalue weighted by molar-refractivity contribution is -0.116. The molecule has 0 saturated carbocycles. The standard InChI is InChI=1S/C23H39N5O2.HI/c1-18(2)8-9-19(3)26-23(24-4)25-17-20-6-5-7-21(16-20)27-22(29)10-11-28-12-14-30-15-13-28;/h5-7,16,18-19H,8-15,17H2,1-4H3,(H,27,29)(H2,24,25,26);1H. The van der Waals surface area contributed by atoms with Gasteiger partial charge in [-0.1, -0.05) is 26.0 Å². The highest BCUT2D eigenvalue weighted by Gasteiger charge is 2.12. The van der Waals surface area contributed by atoms with Crippen LogP contribution in [0.25, 0.3) is 0 Å². The molecule has 0 aromatic heterocycles. The fraction of sp³-hybridized carbons (Fsp3) is 0.652. The highest BCUT2D eigenvalue weighted by molar-refractivity contribution is 14.0. The van der Waals surface area contributed by atoms with Crippen LogP contribution in [-0.4, -0.2) is 62.7 Å². The van der Waals surface area contributed by atoms with Gasteiger partial charge in [-0.15, -0.1) is 24.0 Å². The van der Waals surface area contributed by atoms with Crippen LogP contribution >= 0.6 is 24.0 Å². The van der Waals surface area contributed by atoms with Gasteiger partial charge in [-0.05, 0) is 43.4 Å². The van der Waals surface area contributed by atoms with Crippen molar-refractivity contribution >= 4 is 41.5 Å². The van der Waals surface area contributed by atoms with Crippen LogP contribution in [0.15, 0.2) is 29.3 Å². The Hall–Kier alpha value is -1.39. The van der Waals surface area contributed by atoms with Crippen molar-refractivity contribution < 1.29 is 9.53 Å². The zero-order valence-corrected chi connectivity index (χ0v) is 21.8. The second kappa shape index (κ2) is 15.4. The highest BCUT2D eigenvalue weighted by atomic mass is 127. The van der Waals surface area contributed by atoms with Gasteiger partial charge in [0.1, 0.15) is 0 Å². The molecule has 2 rings (SSSR count). The van der Waals surface area contributed by atoms with Crippen molar-refractivity contribution in [2.45, 2.75) is 52.6 Å². The highest BCUT2D eigenvalue weighted by Crippen LogP contribution is 2.11. The molecular weight excluding hydrogens is 505 g/mol. The Morgan fingerprint density at radius 3 is 2.61 bits per heavy atom. The van der Waals surface area contributed by atoms with E-state index in [0.717, 1.165) is 56.5 Å². The lowest BCUT2D eigenvalue weighted by Crippen LogP contribution is -2.41. The number of carbonyl (C=O) groups is 1. The molecule has 0 radical (unpaired) electrons. The van der Waals surface area contributed by atoms with Crippen LogP contribution in [-0.2, 0) is 16.1 Å². The third-order valence-electron chi connectivity index (χ3n) is 5.21. The summed E-state index contributed by atoms with van der Waals surface area (Å²) < 4.78 is 5.34. The smallest absolute Gasteiger partial charge is 0.225 e. The minimum absolute atomic E-state index is 0. The first kappa shape index (κ1) is 27.6. The Bertz CT molecular complexity index is 678. The molecular formula is C23H40IN5O2. The molecule has 1 amide bonds. The number of aliphatic imine (C=N–C) groups is 1. The summed E-state index contributed by atoms with van der Waals surface area (Å²) in [6.45, 7) is 11.4. The van der Waals surface area contributed by atoms with Gasteiger partial charge in [0.15, 0.2) is 5.96 Å². The molecule has 1 heterocycles. The molecule has 1 atom stereocenters. The molecule has 3 N–H and O–H groups in total. The second-order valence-electron chi connectivity index (χ2n) is 8.39. The van der Waals surface area contributed by atoms with Gasteiger partial charge in [0.2, 0.25) is 5.91 Å². The van der Waals surface area contributed by atoms with Crippen molar-refractivity contribution in [1.82, 2.24) is 15.5 Å². The van der Waals surface area contributed by atoms with E-state index in [1.165, 1.54) is 6.42 Å². The number of hydrogen-bond donors (Lipinski definition) is 3.